The molecule has 3 N–H and O–H groups in total. The van der Waals surface area contributed by atoms with Crippen molar-refractivity contribution in [2.45, 2.75) is 64.3 Å². The number of alkyl halides is 1. The molecule has 3 amide bonds. The van der Waals surface area contributed by atoms with Gasteiger partial charge in [0.1, 0.15) is 0 Å². The van der Waals surface area contributed by atoms with E-state index in [2.05, 4.69) is 30.4 Å². The fourth-order valence-electron chi connectivity index (χ4n) is 3.23. The summed E-state index contributed by atoms with van der Waals surface area (Å²) in [7, 11) is 2.22. The summed E-state index contributed by atoms with van der Waals surface area (Å²) in [4.78, 5) is 52.3. The molecule has 0 aromatic carbocycles. The van der Waals surface area contributed by atoms with Crippen molar-refractivity contribution >= 4 is 30.0 Å². The van der Waals surface area contributed by atoms with Crippen molar-refractivity contribution in [1.82, 2.24) is 16.0 Å². The maximum absolute atomic E-state index is 13.1. The normalized spacial score (nSPS) is 19.4. The zero-order valence-electron chi connectivity index (χ0n) is 20.0. The van der Waals surface area contributed by atoms with Crippen molar-refractivity contribution in [3.8, 4) is 0 Å². The number of rotatable bonds is 9. The molecule has 0 unspecified atom stereocenters. The number of aliphatic imine (C=N–C) groups is 1. The minimum absolute atomic E-state index is 0.0615. The molecular formula is C21H33FN4O8. The van der Waals surface area contributed by atoms with E-state index in [0.717, 1.165) is 14.2 Å². The second-order valence-electron chi connectivity index (χ2n) is 7.16. The smallest absolute Gasteiger partial charge is 0.413 e. The Kier molecular flexibility index (Phi) is 12.6. The number of hydrogen-bond acceptors (Lipinski definition) is 9. The van der Waals surface area contributed by atoms with Crippen molar-refractivity contribution in [3.05, 3.63) is 11.6 Å². The summed E-state index contributed by atoms with van der Waals surface area (Å²) in [5, 5.41) is 6.98. The average molecular weight is 489 g/mol. The fraction of sp³-hybridized carbons (Fsp3) is 0.667. The van der Waals surface area contributed by atoms with E-state index < -0.39 is 48.9 Å². The first kappa shape index (κ1) is 28.8. The summed E-state index contributed by atoms with van der Waals surface area (Å²) < 4.78 is 33.4. The number of guanidine groups is 1. The maximum atomic E-state index is 13.1. The number of alkyl carbamates (subject to hydrolysis) is 2. The minimum Gasteiger partial charge on any atom is -0.463 e. The summed E-state index contributed by atoms with van der Waals surface area (Å²) in [5.74, 6) is -1.89. The van der Waals surface area contributed by atoms with Crippen LogP contribution in [-0.2, 0) is 28.5 Å². The highest BCUT2D eigenvalue weighted by Gasteiger charge is 2.38. The van der Waals surface area contributed by atoms with Crippen LogP contribution in [0.3, 0.4) is 0 Å². The van der Waals surface area contributed by atoms with Crippen molar-refractivity contribution < 1.29 is 42.5 Å². The highest BCUT2D eigenvalue weighted by molar-refractivity contribution is 6.01. The Hall–Kier alpha value is -3.22. The van der Waals surface area contributed by atoms with Gasteiger partial charge in [-0.2, -0.15) is 0 Å². The Morgan fingerprint density at radius 3 is 2.15 bits per heavy atom. The molecule has 34 heavy (non-hydrogen) atoms. The number of carbonyl (C=O) groups excluding carboxylic acids is 4. The molecule has 1 aliphatic rings. The van der Waals surface area contributed by atoms with Gasteiger partial charge in [-0.1, -0.05) is 13.8 Å². The molecule has 0 spiro atoms. The van der Waals surface area contributed by atoms with Gasteiger partial charge in [0, 0.05) is 12.0 Å². The molecule has 192 valence electrons. The molecular weight excluding hydrogens is 455 g/mol. The van der Waals surface area contributed by atoms with Crippen molar-refractivity contribution in [2.75, 3.05) is 27.5 Å². The molecule has 0 saturated heterocycles. The van der Waals surface area contributed by atoms with E-state index in [4.69, 9.17) is 9.47 Å². The summed E-state index contributed by atoms with van der Waals surface area (Å²) >= 11 is 0. The number of ether oxygens (including phenoxy) is 4. The molecule has 0 heterocycles. The molecule has 0 saturated carbocycles. The number of esters is 1. The van der Waals surface area contributed by atoms with Gasteiger partial charge in [-0.3, -0.25) is 15.4 Å². The van der Waals surface area contributed by atoms with Gasteiger partial charge in [0.05, 0.1) is 45.1 Å². The third-order valence-electron chi connectivity index (χ3n) is 4.92. The molecule has 0 aromatic heterocycles. The topological polar surface area (TPSA) is 154 Å². The Bertz CT molecular complexity index is 765. The molecule has 3 atom stereocenters. The highest BCUT2D eigenvalue weighted by atomic mass is 19.1. The van der Waals surface area contributed by atoms with Crippen LogP contribution in [0.1, 0.15) is 40.0 Å². The van der Waals surface area contributed by atoms with Crippen LogP contribution in [0.25, 0.3) is 0 Å². The zero-order chi connectivity index (χ0) is 25.7. The zero-order valence-corrected chi connectivity index (χ0v) is 20.0. The van der Waals surface area contributed by atoms with Crippen LogP contribution in [0.15, 0.2) is 16.6 Å². The second-order valence-corrected chi connectivity index (χ2v) is 7.16. The lowest BCUT2D eigenvalue weighted by atomic mass is 9.87. The Balaban J connectivity index is 3.51. The van der Waals surface area contributed by atoms with Crippen LogP contribution in [0.4, 0.5) is 14.0 Å². The summed E-state index contributed by atoms with van der Waals surface area (Å²) in [6, 6.07) is -1.90. The Morgan fingerprint density at radius 1 is 1.09 bits per heavy atom. The number of methoxy groups -OCH3 is 2. The van der Waals surface area contributed by atoms with E-state index in [9.17, 15) is 23.6 Å². The van der Waals surface area contributed by atoms with Crippen molar-refractivity contribution in [2.24, 2.45) is 4.99 Å². The Morgan fingerprint density at radius 2 is 1.68 bits per heavy atom. The van der Waals surface area contributed by atoms with Crippen LogP contribution >= 0.6 is 0 Å². The number of carbonyl (C=O) groups is 4. The largest absolute Gasteiger partial charge is 0.463 e. The summed E-state index contributed by atoms with van der Waals surface area (Å²) in [6.45, 7) is 4.32. The van der Waals surface area contributed by atoms with Crippen molar-refractivity contribution in [3.63, 3.8) is 0 Å². The third-order valence-corrected chi connectivity index (χ3v) is 4.92. The number of nitrogens with one attached hydrogen (secondary N) is 3. The van der Waals surface area contributed by atoms with Crippen molar-refractivity contribution in [1.29, 1.82) is 0 Å². The lowest BCUT2D eigenvalue weighted by molar-refractivity contribution is -0.139. The van der Waals surface area contributed by atoms with Crippen LogP contribution in [0, 0.1) is 0 Å². The van der Waals surface area contributed by atoms with Gasteiger partial charge >= 0.3 is 18.2 Å². The van der Waals surface area contributed by atoms with E-state index >= 15 is 0 Å². The lowest BCUT2D eigenvalue weighted by Crippen LogP contribution is -2.55. The second kappa shape index (κ2) is 14.8. The number of nitrogens with zero attached hydrogens (tertiary/aromatic N) is 1. The quantitative estimate of drug-likeness (QED) is 0.190. The van der Waals surface area contributed by atoms with E-state index in [1.54, 1.807) is 6.92 Å². The number of amides is 3. The molecule has 0 aliphatic heterocycles. The van der Waals surface area contributed by atoms with E-state index in [1.807, 2.05) is 13.8 Å². The predicted molar refractivity (Wildman–Crippen MR) is 119 cm³/mol. The molecule has 13 heteroatoms. The highest BCUT2D eigenvalue weighted by Crippen LogP contribution is 2.27. The first-order valence-corrected chi connectivity index (χ1v) is 10.9. The third kappa shape index (κ3) is 8.96. The fourth-order valence-corrected chi connectivity index (χ4v) is 3.23. The van der Waals surface area contributed by atoms with Gasteiger partial charge in [-0.15, -0.1) is 0 Å². The van der Waals surface area contributed by atoms with Crippen LogP contribution in [0.2, 0.25) is 0 Å². The summed E-state index contributed by atoms with van der Waals surface area (Å²) in [6.07, 6.45) is -0.236. The van der Waals surface area contributed by atoms with E-state index in [0.29, 0.717) is 12.8 Å². The molecule has 1 rings (SSSR count). The molecule has 0 radical (unpaired) electrons. The SMILES string of the molecule is CCOC(=O)C1=C[C@@H](OC(CC)CC)[C@H](NC(=O)CF)[C@@H](N=C(NC(=O)OC)NC(=O)OC)C1. The van der Waals surface area contributed by atoms with Gasteiger partial charge in [-0.05, 0) is 25.8 Å². The summed E-state index contributed by atoms with van der Waals surface area (Å²) in [5.41, 5.74) is 0.216. The van der Waals surface area contributed by atoms with Gasteiger partial charge < -0.3 is 24.3 Å². The maximum Gasteiger partial charge on any atom is 0.413 e. The van der Waals surface area contributed by atoms with Crippen LogP contribution in [0.5, 0.6) is 0 Å². The van der Waals surface area contributed by atoms with E-state index in [-0.39, 0.29) is 30.7 Å². The van der Waals surface area contributed by atoms with Gasteiger partial charge in [0.2, 0.25) is 5.96 Å². The Labute approximate surface area is 197 Å². The standard InChI is InChI=1S/C21H33FN4O8/c1-6-13(7-2)34-15-10-12(18(28)33-8-3)9-14(17(15)24-16(27)11-22)23-19(25-20(29)31-4)26-21(30)32-5/h10,13-15,17H,6-9,11H2,1-5H3,(H,24,27)(H2,23,25,26,29,30)/t14-,15+,17+/m0/s1. The van der Waals surface area contributed by atoms with Crippen LogP contribution < -0.4 is 16.0 Å². The predicted octanol–water partition coefficient (Wildman–Crippen LogP) is 1.34. The molecule has 1 aliphatic carbocycles. The first-order valence-electron chi connectivity index (χ1n) is 10.9. The van der Waals surface area contributed by atoms with Gasteiger partial charge in [0.25, 0.3) is 5.91 Å². The number of halogens is 1. The van der Waals surface area contributed by atoms with Gasteiger partial charge in [0.15, 0.2) is 6.67 Å². The first-order chi connectivity index (χ1) is 16.2. The van der Waals surface area contributed by atoms with Crippen LogP contribution in [-0.4, -0.2) is 81.8 Å². The van der Waals surface area contributed by atoms with E-state index in [1.165, 1.54) is 6.08 Å². The van der Waals surface area contributed by atoms with Gasteiger partial charge in [-0.25, -0.2) is 23.8 Å². The molecule has 0 fully saturated rings. The molecule has 0 aromatic rings. The lowest BCUT2D eigenvalue weighted by Gasteiger charge is -2.36. The monoisotopic (exact) mass is 488 g/mol. The molecule has 0 bridgehead atoms. The minimum atomic E-state index is -1.28. The number of hydrogen-bond donors (Lipinski definition) is 3. The molecule has 12 nitrogen and oxygen atoms in total. The average Bonchev–Trinajstić information content (AvgIpc) is 2.83.